The summed E-state index contributed by atoms with van der Waals surface area (Å²) in [6.07, 6.45) is 5.01. The van der Waals surface area contributed by atoms with Crippen LogP contribution in [-0.2, 0) is 31.0 Å². The Morgan fingerprint density at radius 2 is 1.85 bits per heavy atom. The van der Waals surface area contributed by atoms with E-state index in [2.05, 4.69) is 30.9 Å². The van der Waals surface area contributed by atoms with Crippen molar-refractivity contribution in [2.75, 3.05) is 20.2 Å². The summed E-state index contributed by atoms with van der Waals surface area (Å²) in [7, 11) is 1.37. The highest BCUT2D eigenvalue weighted by atomic mass is 35.5. The summed E-state index contributed by atoms with van der Waals surface area (Å²) in [5.74, 6) is -0.491. The predicted octanol–water partition coefficient (Wildman–Crippen LogP) is 6.04. The molecule has 1 aliphatic rings. The molecule has 0 atom stereocenters. The van der Waals surface area contributed by atoms with Gasteiger partial charge in [0, 0.05) is 36.9 Å². The Labute approximate surface area is 269 Å². The Morgan fingerprint density at radius 3 is 2.61 bits per heavy atom. The summed E-state index contributed by atoms with van der Waals surface area (Å²) in [5, 5.41) is 0.239. The first-order chi connectivity index (χ1) is 22.3. The Bertz CT molecular complexity index is 1850. The zero-order valence-corrected chi connectivity index (χ0v) is 26.2. The summed E-state index contributed by atoms with van der Waals surface area (Å²) >= 11 is 5.79. The van der Waals surface area contributed by atoms with E-state index in [0.29, 0.717) is 18.7 Å². The third-order valence-corrected chi connectivity index (χ3v) is 8.28. The van der Waals surface area contributed by atoms with Crippen LogP contribution >= 0.6 is 11.6 Å². The number of nitrogens with zero attached hydrogens (tertiary/aromatic N) is 6. The van der Waals surface area contributed by atoms with E-state index in [-0.39, 0.29) is 35.1 Å². The second-order valence-electron chi connectivity index (χ2n) is 11.0. The van der Waals surface area contributed by atoms with Crippen LogP contribution in [0.2, 0.25) is 5.02 Å². The normalized spacial score (nSPS) is 14.1. The fourth-order valence-electron chi connectivity index (χ4n) is 5.57. The van der Waals surface area contributed by atoms with Gasteiger partial charge in [0.15, 0.2) is 11.6 Å². The fraction of sp³-hybridized carbons (Fsp3) is 0.333. The molecule has 3 aromatic heterocycles. The molecular formula is C33H33ClF2N6O4. The number of aryl methyl sites for hydroxylation is 1. The second-order valence-corrected chi connectivity index (χ2v) is 11.5. The number of benzene rings is 2. The summed E-state index contributed by atoms with van der Waals surface area (Å²) in [6, 6.07) is 12.2. The molecule has 1 fully saturated rings. The zero-order valence-electron chi connectivity index (χ0n) is 25.5. The molecule has 0 aliphatic carbocycles. The molecule has 0 spiro atoms. The van der Waals surface area contributed by atoms with Crippen molar-refractivity contribution in [3.8, 4) is 11.6 Å². The molecule has 0 amide bonds. The van der Waals surface area contributed by atoms with Crippen LogP contribution < -0.4 is 9.47 Å². The summed E-state index contributed by atoms with van der Waals surface area (Å²) in [4.78, 5) is 28.2. The van der Waals surface area contributed by atoms with Crippen LogP contribution in [0.5, 0.6) is 11.6 Å². The van der Waals surface area contributed by atoms with Crippen molar-refractivity contribution in [3.63, 3.8) is 0 Å². The first kappa shape index (κ1) is 31.4. The number of rotatable bonds is 11. The molecule has 0 saturated carbocycles. The molecule has 6 rings (SSSR count). The molecule has 13 heteroatoms. The number of carbonyl (C=O) groups is 1. The van der Waals surface area contributed by atoms with Gasteiger partial charge in [-0.25, -0.2) is 28.5 Å². The standard InChI is InChI=1S/C33H33ClF2N6O4/c1-3-41-20-37-16-23(41)17-42-29-14-21(33(43)44-2)4-7-27(29)38-31(42)18-40-12-10-24(11-13-40)46-32-9-6-25(35)28(39-32)19-45-30-8-5-22(34)15-26(30)36/h4-9,14-16,20,24H,3,10-13,17-19H2,1-2H3. The van der Waals surface area contributed by atoms with Crippen molar-refractivity contribution < 1.29 is 27.8 Å². The lowest BCUT2D eigenvalue weighted by Gasteiger charge is -2.31. The molecule has 46 heavy (non-hydrogen) atoms. The highest BCUT2D eigenvalue weighted by molar-refractivity contribution is 6.30. The van der Waals surface area contributed by atoms with Gasteiger partial charge < -0.3 is 23.3 Å². The van der Waals surface area contributed by atoms with E-state index in [9.17, 15) is 13.6 Å². The molecule has 5 aromatic rings. The fourth-order valence-corrected chi connectivity index (χ4v) is 5.73. The molecule has 240 valence electrons. The third kappa shape index (κ3) is 6.97. The van der Waals surface area contributed by atoms with Gasteiger partial charge in [-0.15, -0.1) is 0 Å². The number of aromatic nitrogens is 5. The van der Waals surface area contributed by atoms with Crippen molar-refractivity contribution in [3.05, 3.63) is 100 Å². The highest BCUT2D eigenvalue weighted by Gasteiger charge is 2.24. The monoisotopic (exact) mass is 650 g/mol. The first-order valence-electron chi connectivity index (χ1n) is 15.0. The van der Waals surface area contributed by atoms with E-state index in [1.54, 1.807) is 6.07 Å². The van der Waals surface area contributed by atoms with Crippen LogP contribution in [0.1, 0.15) is 47.3 Å². The maximum atomic E-state index is 14.5. The van der Waals surface area contributed by atoms with E-state index >= 15 is 0 Å². The number of halogens is 3. The van der Waals surface area contributed by atoms with E-state index in [1.807, 2.05) is 24.7 Å². The molecule has 2 aromatic carbocycles. The van der Waals surface area contributed by atoms with Crippen LogP contribution in [0.3, 0.4) is 0 Å². The molecule has 10 nitrogen and oxygen atoms in total. The van der Waals surface area contributed by atoms with Gasteiger partial charge in [-0.3, -0.25) is 4.90 Å². The topological polar surface area (TPSA) is 96.5 Å². The molecule has 0 unspecified atom stereocenters. The molecule has 0 radical (unpaired) electrons. The first-order valence-corrected chi connectivity index (χ1v) is 15.4. The number of hydrogen-bond donors (Lipinski definition) is 0. The zero-order chi connectivity index (χ0) is 32.2. The Hall–Kier alpha value is -4.55. The number of ether oxygens (including phenoxy) is 3. The van der Waals surface area contributed by atoms with Gasteiger partial charge in [0.2, 0.25) is 5.88 Å². The smallest absolute Gasteiger partial charge is 0.337 e. The largest absolute Gasteiger partial charge is 0.484 e. The van der Waals surface area contributed by atoms with Gasteiger partial charge in [-0.1, -0.05) is 11.6 Å². The maximum Gasteiger partial charge on any atom is 0.337 e. The van der Waals surface area contributed by atoms with Crippen LogP contribution in [0.25, 0.3) is 11.0 Å². The average molecular weight is 651 g/mol. The third-order valence-electron chi connectivity index (χ3n) is 8.05. The summed E-state index contributed by atoms with van der Waals surface area (Å²) in [6.45, 7) is 5.25. The van der Waals surface area contributed by atoms with E-state index < -0.39 is 17.6 Å². The number of likely N-dealkylation sites (tertiary alicyclic amines) is 1. The number of carbonyl (C=O) groups excluding carboxylic acids is 1. The van der Waals surface area contributed by atoms with Crippen molar-refractivity contribution in [1.29, 1.82) is 0 Å². The van der Waals surface area contributed by atoms with Crippen molar-refractivity contribution in [2.24, 2.45) is 0 Å². The van der Waals surface area contributed by atoms with E-state index in [4.69, 9.17) is 30.8 Å². The van der Waals surface area contributed by atoms with Gasteiger partial charge >= 0.3 is 5.97 Å². The Morgan fingerprint density at radius 1 is 1.02 bits per heavy atom. The maximum absolute atomic E-state index is 14.5. The number of pyridine rings is 1. The molecule has 0 bridgehead atoms. The minimum Gasteiger partial charge on any atom is -0.484 e. The Kier molecular flexibility index (Phi) is 9.46. The molecule has 0 N–H and O–H groups in total. The highest BCUT2D eigenvalue weighted by Crippen LogP contribution is 2.26. The lowest BCUT2D eigenvalue weighted by atomic mass is 10.1. The van der Waals surface area contributed by atoms with Gasteiger partial charge in [-0.05, 0) is 62.2 Å². The number of esters is 1. The van der Waals surface area contributed by atoms with E-state index in [1.165, 1.54) is 31.4 Å². The molecular weight excluding hydrogens is 618 g/mol. The lowest BCUT2D eigenvalue weighted by Crippen LogP contribution is -2.38. The van der Waals surface area contributed by atoms with Crippen molar-refractivity contribution in [2.45, 2.75) is 52.1 Å². The molecule has 1 aliphatic heterocycles. The van der Waals surface area contributed by atoms with Gasteiger partial charge in [0.1, 0.15) is 30.0 Å². The van der Waals surface area contributed by atoms with Gasteiger partial charge in [0.25, 0.3) is 0 Å². The van der Waals surface area contributed by atoms with Crippen molar-refractivity contribution in [1.82, 2.24) is 29.0 Å². The van der Waals surface area contributed by atoms with E-state index in [0.717, 1.165) is 61.1 Å². The number of fused-ring (bicyclic) bond motifs is 1. The van der Waals surface area contributed by atoms with Crippen molar-refractivity contribution >= 4 is 28.6 Å². The van der Waals surface area contributed by atoms with Gasteiger partial charge in [-0.2, -0.15) is 0 Å². The van der Waals surface area contributed by atoms with Crippen LogP contribution in [0, 0.1) is 11.6 Å². The number of hydrogen-bond acceptors (Lipinski definition) is 8. The predicted molar refractivity (Wildman–Crippen MR) is 167 cm³/mol. The molecule has 1 saturated heterocycles. The summed E-state index contributed by atoms with van der Waals surface area (Å²) in [5.41, 5.74) is 3.16. The second kappa shape index (κ2) is 13.8. The van der Waals surface area contributed by atoms with Crippen LogP contribution in [0.4, 0.5) is 8.78 Å². The quantitative estimate of drug-likeness (QED) is 0.160. The minimum absolute atomic E-state index is 0.0166. The molecule has 4 heterocycles. The SMILES string of the molecule is CCn1cncc1Cn1c(CN2CCC(Oc3ccc(F)c(COc4ccc(Cl)cc4F)n3)CC2)nc2ccc(C(=O)OC)cc21. The minimum atomic E-state index is -0.638. The van der Waals surface area contributed by atoms with Crippen LogP contribution in [-0.4, -0.2) is 61.3 Å². The number of methoxy groups -OCH3 is 1. The van der Waals surface area contributed by atoms with Crippen LogP contribution in [0.15, 0.2) is 61.1 Å². The summed E-state index contributed by atoms with van der Waals surface area (Å²) < 4.78 is 49.3. The number of piperidine rings is 1. The number of imidazole rings is 2. The average Bonchev–Trinajstić information content (AvgIpc) is 3.66. The van der Waals surface area contributed by atoms with Gasteiger partial charge in [0.05, 0.1) is 48.8 Å². The lowest BCUT2D eigenvalue weighted by molar-refractivity contribution is 0.0601. The Balaban J connectivity index is 1.12.